The Balaban J connectivity index is 2.71. The lowest BCUT2D eigenvalue weighted by Crippen LogP contribution is -1.96. The first-order valence-corrected chi connectivity index (χ1v) is 4.55. The van der Waals surface area contributed by atoms with Crippen LogP contribution in [0.3, 0.4) is 0 Å². The van der Waals surface area contributed by atoms with Gasteiger partial charge in [0.15, 0.2) is 0 Å². The van der Waals surface area contributed by atoms with Crippen molar-refractivity contribution < 1.29 is 5.11 Å². The van der Waals surface area contributed by atoms with Crippen molar-refractivity contribution in [1.82, 2.24) is 0 Å². The third kappa shape index (κ3) is 3.21. The Kier molecular flexibility index (Phi) is 3.52. The van der Waals surface area contributed by atoms with Gasteiger partial charge in [0.2, 0.25) is 0 Å². The molecule has 0 aromatic heterocycles. The van der Waals surface area contributed by atoms with Gasteiger partial charge in [0.05, 0.1) is 6.10 Å². The molecule has 0 fully saturated rings. The third-order valence-electron chi connectivity index (χ3n) is 1.80. The van der Waals surface area contributed by atoms with E-state index in [0.29, 0.717) is 11.4 Å². The van der Waals surface area contributed by atoms with Crippen molar-refractivity contribution in [3.8, 4) is 0 Å². The molecule has 0 radical (unpaired) electrons. The van der Waals surface area contributed by atoms with E-state index in [1.54, 1.807) is 12.1 Å². The van der Waals surface area contributed by atoms with Crippen molar-refractivity contribution in [3.05, 3.63) is 47.0 Å². The van der Waals surface area contributed by atoms with Crippen LogP contribution in [0.5, 0.6) is 0 Å². The monoisotopic (exact) mass is 196 g/mol. The number of benzene rings is 1. The van der Waals surface area contributed by atoms with Crippen molar-refractivity contribution >= 4 is 11.6 Å². The standard InChI is InChI=1S/C11H13ClO/c1-8(2)7-11(13)9-3-5-10(12)6-4-9/h3-6,11,13H,1,7H2,2H3/t11-/m0/s1. The first-order valence-electron chi connectivity index (χ1n) is 4.17. The van der Waals surface area contributed by atoms with Crippen molar-refractivity contribution in [2.45, 2.75) is 19.4 Å². The maximum Gasteiger partial charge on any atom is 0.0826 e. The molecule has 0 aliphatic rings. The van der Waals surface area contributed by atoms with Crippen molar-refractivity contribution in [2.24, 2.45) is 0 Å². The molecule has 0 aliphatic carbocycles. The second-order valence-corrected chi connectivity index (χ2v) is 3.67. The number of hydrogen-bond acceptors (Lipinski definition) is 1. The topological polar surface area (TPSA) is 20.2 Å². The van der Waals surface area contributed by atoms with Crippen LogP contribution >= 0.6 is 11.6 Å². The summed E-state index contributed by atoms with van der Waals surface area (Å²) in [5.74, 6) is 0. The van der Waals surface area contributed by atoms with E-state index in [-0.39, 0.29) is 0 Å². The molecule has 0 saturated carbocycles. The summed E-state index contributed by atoms with van der Waals surface area (Å²) in [5.41, 5.74) is 1.86. The third-order valence-corrected chi connectivity index (χ3v) is 2.05. The van der Waals surface area contributed by atoms with E-state index in [2.05, 4.69) is 6.58 Å². The normalized spacial score (nSPS) is 12.5. The Bertz CT molecular complexity index is 289. The quantitative estimate of drug-likeness (QED) is 0.736. The average molecular weight is 197 g/mol. The molecule has 0 aliphatic heterocycles. The molecule has 1 aromatic carbocycles. The average Bonchev–Trinajstić information content (AvgIpc) is 2.04. The van der Waals surface area contributed by atoms with Crippen LogP contribution in [0.15, 0.2) is 36.4 Å². The highest BCUT2D eigenvalue weighted by atomic mass is 35.5. The number of rotatable bonds is 3. The Labute approximate surface area is 83.7 Å². The minimum absolute atomic E-state index is 0.463. The van der Waals surface area contributed by atoms with Crippen LogP contribution in [-0.4, -0.2) is 5.11 Å². The van der Waals surface area contributed by atoms with Gasteiger partial charge in [-0.2, -0.15) is 0 Å². The maximum atomic E-state index is 9.68. The van der Waals surface area contributed by atoms with E-state index in [4.69, 9.17) is 11.6 Å². The zero-order valence-corrected chi connectivity index (χ0v) is 8.38. The highest BCUT2D eigenvalue weighted by molar-refractivity contribution is 6.30. The van der Waals surface area contributed by atoms with E-state index in [1.165, 1.54) is 0 Å². The number of hydrogen-bond donors (Lipinski definition) is 1. The molecule has 1 aromatic rings. The van der Waals surface area contributed by atoms with Gasteiger partial charge in [0, 0.05) is 5.02 Å². The van der Waals surface area contributed by atoms with Gasteiger partial charge < -0.3 is 5.11 Å². The summed E-state index contributed by atoms with van der Waals surface area (Å²) < 4.78 is 0. The summed E-state index contributed by atoms with van der Waals surface area (Å²) in [6, 6.07) is 7.21. The molecule has 0 amide bonds. The minimum Gasteiger partial charge on any atom is -0.388 e. The Morgan fingerprint density at radius 2 is 2.00 bits per heavy atom. The lowest BCUT2D eigenvalue weighted by atomic mass is 10.0. The molecular formula is C11H13ClO. The summed E-state index contributed by atoms with van der Waals surface area (Å²) in [7, 11) is 0. The Morgan fingerprint density at radius 1 is 1.46 bits per heavy atom. The van der Waals surface area contributed by atoms with Crippen molar-refractivity contribution in [1.29, 1.82) is 0 Å². The van der Waals surface area contributed by atoms with E-state index in [0.717, 1.165) is 11.1 Å². The summed E-state index contributed by atoms with van der Waals surface area (Å²) in [4.78, 5) is 0. The Hall–Kier alpha value is -0.790. The first kappa shape index (κ1) is 10.3. The number of halogens is 1. The molecule has 1 N–H and O–H groups in total. The first-order chi connectivity index (χ1) is 6.09. The molecule has 0 bridgehead atoms. The summed E-state index contributed by atoms with van der Waals surface area (Å²) >= 11 is 5.72. The fourth-order valence-electron chi connectivity index (χ4n) is 1.13. The molecule has 1 nitrogen and oxygen atoms in total. The van der Waals surface area contributed by atoms with Gasteiger partial charge in [-0.15, -0.1) is 6.58 Å². The summed E-state index contributed by atoms with van der Waals surface area (Å²) in [6.07, 6.45) is 0.136. The maximum absolute atomic E-state index is 9.68. The van der Waals surface area contributed by atoms with Crippen molar-refractivity contribution in [2.75, 3.05) is 0 Å². The van der Waals surface area contributed by atoms with Gasteiger partial charge in [-0.3, -0.25) is 0 Å². The van der Waals surface area contributed by atoms with Crippen LogP contribution in [0.1, 0.15) is 25.0 Å². The molecule has 13 heavy (non-hydrogen) atoms. The van der Waals surface area contributed by atoms with Crippen molar-refractivity contribution in [3.63, 3.8) is 0 Å². The van der Waals surface area contributed by atoms with Gasteiger partial charge in [0.25, 0.3) is 0 Å². The van der Waals surface area contributed by atoms with Crippen LogP contribution in [0.25, 0.3) is 0 Å². The number of aliphatic hydroxyl groups excluding tert-OH is 1. The summed E-state index contributed by atoms with van der Waals surface area (Å²) in [6.45, 7) is 5.65. The zero-order valence-electron chi connectivity index (χ0n) is 7.63. The van der Waals surface area contributed by atoms with Crippen LogP contribution in [0, 0.1) is 0 Å². The highest BCUT2D eigenvalue weighted by Gasteiger charge is 2.06. The molecule has 1 rings (SSSR count). The van der Waals surface area contributed by atoms with Crippen LogP contribution in [-0.2, 0) is 0 Å². The molecule has 0 heterocycles. The van der Waals surface area contributed by atoms with Gasteiger partial charge in [-0.05, 0) is 31.0 Å². The molecule has 0 saturated heterocycles. The SMILES string of the molecule is C=C(C)C[C@H](O)c1ccc(Cl)cc1. The lowest BCUT2D eigenvalue weighted by Gasteiger charge is -2.10. The molecular weight excluding hydrogens is 184 g/mol. The van der Waals surface area contributed by atoms with E-state index in [9.17, 15) is 5.11 Å². The fraction of sp³-hybridized carbons (Fsp3) is 0.273. The molecule has 1 atom stereocenters. The van der Waals surface area contributed by atoms with E-state index >= 15 is 0 Å². The minimum atomic E-state index is -0.463. The fourth-order valence-corrected chi connectivity index (χ4v) is 1.26. The zero-order chi connectivity index (χ0) is 9.84. The largest absolute Gasteiger partial charge is 0.388 e. The van der Waals surface area contributed by atoms with Gasteiger partial charge >= 0.3 is 0 Å². The van der Waals surface area contributed by atoms with Crippen LogP contribution in [0.4, 0.5) is 0 Å². The van der Waals surface area contributed by atoms with Gasteiger partial charge in [-0.25, -0.2) is 0 Å². The van der Waals surface area contributed by atoms with Gasteiger partial charge in [-0.1, -0.05) is 29.3 Å². The van der Waals surface area contributed by atoms with Crippen LogP contribution < -0.4 is 0 Å². The molecule has 0 spiro atoms. The smallest absolute Gasteiger partial charge is 0.0826 e. The highest BCUT2D eigenvalue weighted by Crippen LogP contribution is 2.21. The number of aliphatic hydroxyl groups is 1. The lowest BCUT2D eigenvalue weighted by molar-refractivity contribution is 0.178. The van der Waals surface area contributed by atoms with Crippen LogP contribution in [0.2, 0.25) is 5.02 Å². The van der Waals surface area contributed by atoms with E-state index < -0.39 is 6.10 Å². The molecule has 2 heteroatoms. The Morgan fingerprint density at radius 3 is 2.46 bits per heavy atom. The predicted molar refractivity (Wildman–Crippen MR) is 55.8 cm³/mol. The molecule has 0 unspecified atom stereocenters. The predicted octanol–water partition coefficient (Wildman–Crippen LogP) is 3.34. The summed E-state index contributed by atoms with van der Waals surface area (Å²) in [5, 5.41) is 10.4. The van der Waals surface area contributed by atoms with E-state index in [1.807, 2.05) is 19.1 Å². The molecule has 70 valence electrons. The second-order valence-electron chi connectivity index (χ2n) is 3.23. The second kappa shape index (κ2) is 4.45. The van der Waals surface area contributed by atoms with Gasteiger partial charge in [0.1, 0.15) is 0 Å².